The lowest BCUT2D eigenvalue weighted by Gasteiger charge is -2.32. The normalized spacial score (nSPS) is 21.0. The highest BCUT2D eigenvalue weighted by Crippen LogP contribution is 2.30. The van der Waals surface area contributed by atoms with Crippen LogP contribution in [0.3, 0.4) is 0 Å². The van der Waals surface area contributed by atoms with Gasteiger partial charge in [0.25, 0.3) is 5.89 Å². The monoisotopic (exact) mass is 383 g/mol. The Kier molecular flexibility index (Phi) is 5.11. The molecule has 2 aromatic rings. The number of nitrogens with zero attached hydrogens (tertiary/aromatic N) is 5. The molecule has 0 N–H and O–H groups in total. The molecule has 0 aromatic carbocycles. The maximum absolute atomic E-state index is 12.8. The largest absolute Gasteiger partial charge is 0.342 e. The number of carbonyl (C=O) groups is 2. The SMILES string of the molecule is CC(C)N1CC(C(=O)N2CCC(c3noc(-c4ccccn4)n3)CC2)CC1=O. The van der Waals surface area contributed by atoms with Gasteiger partial charge in [-0.05, 0) is 38.8 Å². The molecule has 2 saturated heterocycles. The molecule has 8 heteroatoms. The predicted octanol–water partition coefficient (Wildman–Crippen LogP) is 2.09. The number of hydrogen-bond acceptors (Lipinski definition) is 6. The fourth-order valence-electron chi connectivity index (χ4n) is 4.01. The number of amides is 2. The first-order chi connectivity index (χ1) is 13.5. The third-order valence-electron chi connectivity index (χ3n) is 5.63. The molecule has 0 saturated carbocycles. The molecular weight excluding hydrogens is 358 g/mol. The summed E-state index contributed by atoms with van der Waals surface area (Å²) in [5.74, 6) is 1.23. The number of piperidine rings is 1. The van der Waals surface area contributed by atoms with Gasteiger partial charge in [-0.2, -0.15) is 4.98 Å². The van der Waals surface area contributed by atoms with E-state index in [1.807, 2.05) is 36.9 Å². The van der Waals surface area contributed by atoms with E-state index < -0.39 is 0 Å². The Labute approximate surface area is 163 Å². The minimum Gasteiger partial charge on any atom is -0.342 e. The Morgan fingerprint density at radius 3 is 2.68 bits per heavy atom. The van der Waals surface area contributed by atoms with Crippen LogP contribution < -0.4 is 0 Å². The van der Waals surface area contributed by atoms with Gasteiger partial charge in [-0.1, -0.05) is 11.2 Å². The van der Waals surface area contributed by atoms with Crippen LogP contribution >= 0.6 is 0 Å². The molecule has 148 valence electrons. The average molecular weight is 383 g/mol. The molecule has 4 rings (SSSR count). The van der Waals surface area contributed by atoms with Gasteiger partial charge < -0.3 is 14.3 Å². The zero-order valence-corrected chi connectivity index (χ0v) is 16.2. The van der Waals surface area contributed by atoms with Gasteiger partial charge in [0.2, 0.25) is 11.8 Å². The van der Waals surface area contributed by atoms with Gasteiger partial charge in [-0.3, -0.25) is 14.6 Å². The first-order valence-corrected chi connectivity index (χ1v) is 9.86. The minimum absolute atomic E-state index is 0.0806. The van der Waals surface area contributed by atoms with Crippen LogP contribution in [0.25, 0.3) is 11.6 Å². The van der Waals surface area contributed by atoms with Gasteiger partial charge in [-0.25, -0.2) is 0 Å². The van der Waals surface area contributed by atoms with Crippen molar-refractivity contribution in [2.75, 3.05) is 19.6 Å². The summed E-state index contributed by atoms with van der Waals surface area (Å²) >= 11 is 0. The molecule has 0 radical (unpaired) electrons. The molecule has 28 heavy (non-hydrogen) atoms. The maximum Gasteiger partial charge on any atom is 0.276 e. The van der Waals surface area contributed by atoms with Gasteiger partial charge in [0.1, 0.15) is 5.69 Å². The number of aromatic nitrogens is 3. The van der Waals surface area contributed by atoms with Crippen molar-refractivity contribution < 1.29 is 14.1 Å². The molecular formula is C20H25N5O3. The van der Waals surface area contributed by atoms with Gasteiger partial charge >= 0.3 is 0 Å². The van der Waals surface area contributed by atoms with Crippen molar-refractivity contribution in [2.24, 2.45) is 5.92 Å². The first-order valence-electron chi connectivity index (χ1n) is 9.86. The van der Waals surface area contributed by atoms with Crippen molar-refractivity contribution in [1.82, 2.24) is 24.9 Å². The topological polar surface area (TPSA) is 92.4 Å². The van der Waals surface area contributed by atoms with Crippen LogP contribution in [-0.4, -0.2) is 62.4 Å². The van der Waals surface area contributed by atoms with E-state index in [-0.39, 0.29) is 29.7 Å². The van der Waals surface area contributed by atoms with E-state index in [2.05, 4.69) is 15.1 Å². The standard InChI is InChI=1S/C20H25N5O3/c1-13(2)25-12-15(11-17(25)26)20(27)24-9-6-14(7-10-24)18-22-19(28-23-18)16-5-3-4-8-21-16/h3-5,8,13-15H,6-7,9-12H2,1-2H3. The van der Waals surface area contributed by atoms with Crippen LogP contribution in [0.5, 0.6) is 0 Å². The van der Waals surface area contributed by atoms with E-state index in [0.717, 1.165) is 12.8 Å². The van der Waals surface area contributed by atoms with E-state index >= 15 is 0 Å². The molecule has 4 heterocycles. The minimum atomic E-state index is -0.215. The number of carbonyl (C=O) groups excluding carboxylic acids is 2. The second kappa shape index (κ2) is 7.69. The summed E-state index contributed by atoms with van der Waals surface area (Å²) < 4.78 is 5.36. The summed E-state index contributed by atoms with van der Waals surface area (Å²) in [7, 11) is 0. The van der Waals surface area contributed by atoms with Crippen LogP contribution in [0.15, 0.2) is 28.9 Å². The molecule has 8 nitrogen and oxygen atoms in total. The van der Waals surface area contributed by atoms with Crippen molar-refractivity contribution in [3.05, 3.63) is 30.2 Å². The van der Waals surface area contributed by atoms with Gasteiger partial charge in [0, 0.05) is 44.2 Å². The molecule has 2 aromatic heterocycles. The molecule has 2 aliphatic rings. The summed E-state index contributed by atoms with van der Waals surface area (Å²) in [6, 6.07) is 5.70. The first kappa shape index (κ1) is 18.6. The van der Waals surface area contributed by atoms with Crippen molar-refractivity contribution in [2.45, 2.75) is 45.1 Å². The molecule has 2 fully saturated rings. The van der Waals surface area contributed by atoms with Crippen LogP contribution in [-0.2, 0) is 9.59 Å². The van der Waals surface area contributed by atoms with Crippen molar-refractivity contribution in [3.63, 3.8) is 0 Å². The third-order valence-corrected chi connectivity index (χ3v) is 5.63. The van der Waals surface area contributed by atoms with Gasteiger partial charge in [-0.15, -0.1) is 0 Å². The predicted molar refractivity (Wildman–Crippen MR) is 101 cm³/mol. The zero-order valence-electron chi connectivity index (χ0n) is 16.2. The number of hydrogen-bond donors (Lipinski definition) is 0. The highest BCUT2D eigenvalue weighted by molar-refractivity contribution is 5.89. The lowest BCUT2D eigenvalue weighted by atomic mass is 9.95. The Morgan fingerprint density at radius 1 is 1.25 bits per heavy atom. The molecule has 1 atom stereocenters. The van der Waals surface area contributed by atoms with Crippen LogP contribution in [0, 0.1) is 5.92 Å². The average Bonchev–Trinajstić information content (AvgIpc) is 3.35. The second-order valence-electron chi connectivity index (χ2n) is 7.81. The van der Waals surface area contributed by atoms with E-state index in [1.54, 1.807) is 11.1 Å². The molecule has 2 amide bonds. The fraction of sp³-hybridized carbons (Fsp3) is 0.550. The third kappa shape index (κ3) is 3.63. The van der Waals surface area contributed by atoms with Crippen LogP contribution in [0.1, 0.15) is 44.9 Å². The molecule has 1 unspecified atom stereocenters. The van der Waals surface area contributed by atoms with Crippen molar-refractivity contribution >= 4 is 11.8 Å². The molecule has 0 spiro atoms. The van der Waals surface area contributed by atoms with E-state index in [9.17, 15) is 9.59 Å². The van der Waals surface area contributed by atoms with Crippen LogP contribution in [0.4, 0.5) is 0 Å². The van der Waals surface area contributed by atoms with E-state index in [4.69, 9.17) is 4.52 Å². The number of likely N-dealkylation sites (tertiary alicyclic amines) is 2. The smallest absolute Gasteiger partial charge is 0.276 e. The van der Waals surface area contributed by atoms with Crippen molar-refractivity contribution in [3.8, 4) is 11.6 Å². The lowest BCUT2D eigenvalue weighted by Crippen LogP contribution is -2.42. The maximum atomic E-state index is 12.8. The van der Waals surface area contributed by atoms with Crippen molar-refractivity contribution in [1.29, 1.82) is 0 Å². The number of rotatable bonds is 4. The summed E-state index contributed by atoms with van der Waals surface area (Å²) in [6.07, 6.45) is 3.61. The van der Waals surface area contributed by atoms with Gasteiger partial charge in [0.05, 0.1) is 5.92 Å². The quantitative estimate of drug-likeness (QED) is 0.803. The lowest BCUT2D eigenvalue weighted by molar-refractivity contribution is -0.136. The zero-order chi connectivity index (χ0) is 19.7. The Hall–Kier alpha value is -2.77. The summed E-state index contributed by atoms with van der Waals surface area (Å²) in [5, 5.41) is 4.12. The highest BCUT2D eigenvalue weighted by Gasteiger charge is 2.38. The van der Waals surface area contributed by atoms with Gasteiger partial charge in [0.15, 0.2) is 5.82 Å². The second-order valence-corrected chi connectivity index (χ2v) is 7.81. The Balaban J connectivity index is 1.34. The van der Waals surface area contributed by atoms with E-state index in [0.29, 0.717) is 43.5 Å². The summed E-state index contributed by atoms with van der Waals surface area (Å²) in [6.45, 7) is 5.82. The summed E-state index contributed by atoms with van der Waals surface area (Å²) in [4.78, 5) is 37.3. The van der Waals surface area contributed by atoms with Crippen LogP contribution in [0.2, 0.25) is 0 Å². The fourth-order valence-corrected chi connectivity index (χ4v) is 4.01. The number of pyridine rings is 1. The Bertz CT molecular complexity index is 843. The molecule has 0 bridgehead atoms. The highest BCUT2D eigenvalue weighted by atomic mass is 16.5. The summed E-state index contributed by atoms with van der Waals surface area (Å²) in [5.41, 5.74) is 0.662. The molecule has 0 aliphatic carbocycles. The Morgan fingerprint density at radius 2 is 2.04 bits per heavy atom. The molecule has 2 aliphatic heterocycles. The van der Waals surface area contributed by atoms with E-state index in [1.165, 1.54) is 0 Å².